The zero-order valence-electron chi connectivity index (χ0n) is 21.2. The second-order valence-corrected chi connectivity index (χ2v) is 12.4. The second-order valence-electron chi connectivity index (χ2n) is 9.74. The van der Waals surface area contributed by atoms with E-state index in [0.717, 1.165) is 47.7 Å². The maximum absolute atomic E-state index is 14.9. The van der Waals surface area contributed by atoms with E-state index < -0.39 is 12.9 Å². The molecule has 0 saturated heterocycles. The van der Waals surface area contributed by atoms with Crippen molar-refractivity contribution in [1.29, 1.82) is 0 Å². The number of nitrogens with one attached hydrogen (secondary N) is 1. The van der Waals surface area contributed by atoms with Crippen molar-refractivity contribution in [3.05, 3.63) is 119 Å². The summed E-state index contributed by atoms with van der Waals surface area (Å²) < 4.78 is 21.1. The summed E-state index contributed by atoms with van der Waals surface area (Å²) in [6, 6.07) is 31.6. The number of rotatable bonds is 11. The summed E-state index contributed by atoms with van der Waals surface area (Å²) in [7, 11) is -3.14. The van der Waals surface area contributed by atoms with Gasteiger partial charge in [0, 0.05) is 5.31 Å². The Balaban J connectivity index is 1.96. The molecular weight excluding hydrogens is 449 g/mol. The Hall–Kier alpha value is -2.45. The Labute approximate surface area is 211 Å². The molecule has 3 aromatic rings. The fourth-order valence-electron chi connectivity index (χ4n) is 5.30. The van der Waals surface area contributed by atoms with E-state index in [2.05, 4.69) is 98.0 Å². The van der Waals surface area contributed by atoms with E-state index in [1.807, 2.05) is 25.1 Å². The van der Waals surface area contributed by atoms with Crippen LogP contribution < -0.4 is 5.32 Å². The van der Waals surface area contributed by atoms with Crippen LogP contribution in [0, 0.1) is 5.92 Å². The molecule has 4 heteroatoms. The lowest BCUT2D eigenvalue weighted by atomic mass is 9.77. The fraction of sp³-hybridized carbons (Fsp3) is 0.355. The number of allylic oxidation sites excluding steroid dienone is 2. The van der Waals surface area contributed by atoms with E-state index in [9.17, 15) is 4.57 Å². The van der Waals surface area contributed by atoms with Gasteiger partial charge in [0.25, 0.3) is 0 Å². The molecule has 4 rings (SSSR count). The highest BCUT2D eigenvalue weighted by Gasteiger charge is 2.46. The van der Waals surface area contributed by atoms with Crippen LogP contribution in [0.1, 0.15) is 63.1 Å². The van der Waals surface area contributed by atoms with Crippen molar-refractivity contribution in [2.75, 3.05) is 6.61 Å². The monoisotopic (exact) mass is 487 g/mol. The van der Waals surface area contributed by atoms with E-state index in [1.54, 1.807) is 0 Å². The standard InChI is InChI=1S/C31H38NO2P/c1-4-34-35(33,29-22-14-15-23-29)30(24-25(2)3)32-31(26-16-8-5-9-17-26,27-18-10-6-11-19-27)28-20-12-7-13-21-28/h5-13,16-22,25,30,32H,4,14-15,23-24H2,1-3H3/t30-,35?/m1/s1. The summed E-state index contributed by atoms with van der Waals surface area (Å²) >= 11 is 0. The lowest BCUT2D eigenvalue weighted by Crippen LogP contribution is -2.50. The molecule has 35 heavy (non-hydrogen) atoms. The summed E-state index contributed by atoms with van der Waals surface area (Å²) in [5, 5.41) is 5.02. The molecule has 0 amide bonds. The SMILES string of the molecule is CCOP(=O)(C1=CCCC1)[C@H](CC(C)C)NC(c1ccccc1)(c1ccccc1)c1ccccc1. The maximum atomic E-state index is 14.9. The molecule has 3 nitrogen and oxygen atoms in total. The Morgan fingerprint density at radius 2 is 1.34 bits per heavy atom. The molecule has 0 aliphatic heterocycles. The van der Waals surface area contributed by atoms with Crippen LogP contribution in [0.2, 0.25) is 0 Å². The van der Waals surface area contributed by atoms with E-state index in [4.69, 9.17) is 4.52 Å². The number of hydrogen-bond donors (Lipinski definition) is 1. The first-order valence-electron chi connectivity index (χ1n) is 12.9. The predicted octanol–water partition coefficient (Wildman–Crippen LogP) is 8.32. The molecule has 0 fully saturated rings. The first kappa shape index (κ1) is 25.6. The van der Waals surface area contributed by atoms with Gasteiger partial charge in [-0.1, -0.05) is 111 Å². The van der Waals surface area contributed by atoms with Crippen LogP contribution >= 0.6 is 7.37 Å². The predicted molar refractivity (Wildman–Crippen MR) is 147 cm³/mol. The average molecular weight is 488 g/mol. The van der Waals surface area contributed by atoms with E-state index in [0.29, 0.717) is 12.5 Å². The van der Waals surface area contributed by atoms with Crippen molar-refractivity contribution in [2.24, 2.45) is 5.92 Å². The molecule has 1 unspecified atom stereocenters. The van der Waals surface area contributed by atoms with Gasteiger partial charge in [0.15, 0.2) is 0 Å². The largest absolute Gasteiger partial charge is 0.325 e. The van der Waals surface area contributed by atoms with Gasteiger partial charge < -0.3 is 4.52 Å². The molecular formula is C31H38NO2P. The second kappa shape index (κ2) is 11.5. The van der Waals surface area contributed by atoms with Gasteiger partial charge in [0.2, 0.25) is 7.37 Å². The molecule has 0 bridgehead atoms. The van der Waals surface area contributed by atoms with Crippen molar-refractivity contribution in [2.45, 2.75) is 57.8 Å². The smallest absolute Gasteiger partial charge is 0.244 e. The van der Waals surface area contributed by atoms with Gasteiger partial charge in [-0.05, 0) is 55.2 Å². The van der Waals surface area contributed by atoms with Gasteiger partial charge in [-0.25, -0.2) is 0 Å². The van der Waals surface area contributed by atoms with Gasteiger partial charge in [0.1, 0.15) is 0 Å². The van der Waals surface area contributed by atoms with Crippen LogP contribution in [-0.2, 0) is 14.6 Å². The molecule has 0 saturated carbocycles. The summed E-state index contributed by atoms with van der Waals surface area (Å²) in [4.78, 5) is 0. The molecule has 2 atom stereocenters. The highest BCUT2D eigenvalue weighted by atomic mass is 31.2. The van der Waals surface area contributed by atoms with Crippen LogP contribution in [-0.4, -0.2) is 12.4 Å². The summed E-state index contributed by atoms with van der Waals surface area (Å²) in [6.07, 6.45) is 5.79. The normalized spacial score (nSPS) is 16.6. The molecule has 0 radical (unpaired) electrons. The third-order valence-corrected chi connectivity index (χ3v) is 9.86. The molecule has 0 heterocycles. The van der Waals surface area contributed by atoms with Crippen LogP contribution in [0.4, 0.5) is 0 Å². The zero-order chi connectivity index (χ0) is 24.7. The van der Waals surface area contributed by atoms with Gasteiger partial charge in [-0.2, -0.15) is 0 Å². The molecule has 1 N–H and O–H groups in total. The number of hydrogen-bond acceptors (Lipinski definition) is 3. The minimum Gasteiger partial charge on any atom is -0.325 e. The van der Waals surface area contributed by atoms with E-state index in [1.165, 1.54) is 0 Å². The molecule has 1 aliphatic carbocycles. The van der Waals surface area contributed by atoms with Crippen molar-refractivity contribution < 1.29 is 9.09 Å². The summed E-state index contributed by atoms with van der Waals surface area (Å²) in [6.45, 7) is 6.78. The minimum atomic E-state index is -3.14. The van der Waals surface area contributed by atoms with Gasteiger partial charge in [-0.15, -0.1) is 0 Å². The zero-order valence-corrected chi connectivity index (χ0v) is 22.1. The lowest BCUT2D eigenvalue weighted by Gasteiger charge is -2.42. The third kappa shape index (κ3) is 5.38. The Bertz CT molecular complexity index is 1050. The lowest BCUT2D eigenvalue weighted by molar-refractivity contribution is 0.303. The highest BCUT2D eigenvalue weighted by Crippen LogP contribution is 2.63. The van der Waals surface area contributed by atoms with Crippen LogP contribution in [0.25, 0.3) is 0 Å². The van der Waals surface area contributed by atoms with Crippen molar-refractivity contribution in [1.82, 2.24) is 5.32 Å². The van der Waals surface area contributed by atoms with Gasteiger partial charge in [0.05, 0.1) is 17.9 Å². The first-order chi connectivity index (χ1) is 17.0. The molecule has 0 spiro atoms. The maximum Gasteiger partial charge on any atom is 0.244 e. The fourth-order valence-corrected chi connectivity index (χ4v) is 8.34. The summed E-state index contributed by atoms with van der Waals surface area (Å²) in [5.74, 6) is 0.0238. The number of benzene rings is 3. The molecule has 1 aliphatic rings. The first-order valence-corrected chi connectivity index (χ1v) is 14.6. The topological polar surface area (TPSA) is 38.3 Å². The minimum absolute atomic E-state index is 0.326. The quantitative estimate of drug-likeness (QED) is 0.218. The van der Waals surface area contributed by atoms with Crippen LogP contribution in [0.5, 0.6) is 0 Å². The van der Waals surface area contributed by atoms with Crippen LogP contribution in [0.3, 0.4) is 0 Å². The third-order valence-electron chi connectivity index (χ3n) is 6.85. The molecule has 3 aromatic carbocycles. The van der Waals surface area contributed by atoms with E-state index in [-0.39, 0.29) is 5.78 Å². The molecule has 0 aromatic heterocycles. The van der Waals surface area contributed by atoms with Crippen molar-refractivity contribution in [3.8, 4) is 0 Å². The van der Waals surface area contributed by atoms with Crippen molar-refractivity contribution in [3.63, 3.8) is 0 Å². The molecule has 184 valence electrons. The van der Waals surface area contributed by atoms with Crippen LogP contribution in [0.15, 0.2) is 102 Å². The average Bonchev–Trinajstić information content (AvgIpc) is 3.44. The Morgan fingerprint density at radius 3 is 1.71 bits per heavy atom. The summed E-state index contributed by atoms with van der Waals surface area (Å²) in [5.41, 5.74) is 2.67. The van der Waals surface area contributed by atoms with E-state index >= 15 is 0 Å². The Kier molecular flexibility index (Phi) is 8.44. The van der Waals surface area contributed by atoms with Gasteiger partial charge in [-0.3, -0.25) is 9.88 Å². The van der Waals surface area contributed by atoms with Crippen molar-refractivity contribution >= 4 is 7.37 Å². The Morgan fingerprint density at radius 1 is 0.857 bits per heavy atom. The highest BCUT2D eigenvalue weighted by molar-refractivity contribution is 7.64. The van der Waals surface area contributed by atoms with Gasteiger partial charge >= 0.3 is 0 Å².